The van der Waals surface area contributed by atoms with Gasteiger partial charge in [0.25, 0.3) is 0 Å². The first-order valence-corrected chi connectivity index (χ1v) is 9.96. The molecule has 1 aromatic carbocycles. The maximum atomic E-state index is 11.5. The van der Waals surface area contributed by atoms with Gasteiger partial charge in [0, 0.05) is 18.8 Å². The van der Waals surface area contributed by atoms with Crippen LogP contribution in [0.2, 0.25) is 0 Å². The first-order valence-electron chi connectivity index (χ1n) is 9.96. The Hall–Kier alpha value is -3.13. The molecular weight excluding hydrogens is 370 g/mol. The standard InChI is InChI=1S/C21H23N5O3/c27-21(28)13-5-6-15-14(11-13)18-19(24-15)22-12-23-20(18)25-16-3-1-2-4-17(16)26-7-9-29-10-8-26/h1-4,12-13H,5-11H2,(H,27,28)(H2,22,23,24,25). The number of benzene rings is 1. The van der Waals surface area contributed by atoms with Crippen molar-refractivity contribution in [1.29, 1.82) is 0 Å². The molecule has 0 radical (unpaired) electrons. The fraction of sp³-hybridized carbons (Fsp3) is 0.381. The number of hydrogen-bond acceptors (Lipinski definition) is 6. The van der Waals surface area contributed by atoms with Crippen LogP contribution in [0.15, 0.2) is 30.6 Å². The molecule has 3 heterocycles. The Balaban J connectivity index is 1.54. The van der Waals surface area contributed by atoms with E-state index in [2.05, 4.69) is 31.2 Å². The number of aliphatic carboxylic acids is 1. The zero-order valence-electron chi connectivity index (χ0n) is 16.0. The maximum absolute atomic E-state index is 11.5. The number of hydrogen-bond donors (Lipinski definition) is 3. The highest BCUT2D eigenvalue weighted by atomic mass is 16.5. The van der Waals surface area contributed by atoms with Crippen molar-refractivity contribution in [3.63, 3.8) is 0 Å². The lowest BCUT2D eigenvalue weighted by Gasteiger charge is -2.30. The first kappa shape index (κ1) is 17.9. The minimum absolute atomic E-state index is 0.366. The summed E-state index contributed by atoms with van der Waals surface area (Å²) in [6.07, 6.45) is 3.40. The van der Waals surface area contributed by atoms with E-state index in [1.165, 1.54) is 0 Å². The van der Waals surface area contributed by atoms with Gasteiger partial charge in [-0.1, -0.05) is 12.1 Å². The number of carboxylic acid groups (broad SMARTS) is 1. The summed E-state index contributed by atoms with van der Waals surface area (Å²) in [7, 11) is 0. The van der Waals surface area contributed by atoms with Crippen LogP contribution in [-0.4, -0.2) is 52.3 Å². The van der Waals surface area contributed by atoms with Gasteiger partial charge in [-0.05, 0) is 37.0 Å². The van der Waals surface area contributed by atoms with E-state index >= 15 is 0 Å². The minimum Gasteiger partial charge on any atom is -0.481 e. The topological polar surface area (TPSA) is 103 Å². The number of para-hydroxylation sites is 2. The molecular formula is C21H23N5O3. The van der Waals surface area contributed by atoms with Crippen molar-refractivity contribution in [2.24, 2.45) is 5.92 Å². The quantitative estimate of drug-likeness (QED) is 0.626. The number of nitrogens with zero attached hydrogens (tertiary/aromatic N) is 3. The summed E-state index contributed by atoms with van der Waals surface area (Å²) in [5, 5.41) is 13.9. The second-order valence-electron chi connectivity index (χ2n) is 7.55. The van der Waals surface area contributed by atoms with Crippen molar-refractivity contribution >= 4 is 34.2 Å². The van der Waals surface area contributed by atoms with Gasteiger partial charge < -0.3 is 25.0 Å². The molecule has 29 heavy (non-hydrogen) atoms. The fourth-order valence-electron chi connectivity index (χ4n) is 4.33. The average molecular weight is 393 g/mol. The van der Waals surface area contributed by atoms with Gasteiger partial charge in [0.1, 0.15) is 17.8 Å². The van der Waals surface area contributed by atoms with Gasteiger partial charge in [-0.2, -0.15) is 0 Å². The number of fused-ring (bicyclic) bond motifs is 3. The van der Waals surface area contributed by atoms with Gasteiger partial charge in [-0.3, -0.25) is 4.79 Å². The van der Waals surface area contributed by atoms with Crippen LogP contribution in [0, 0.1) is 5.92 Å². The number of aromatic amines is 1. The second kappa shape index (κ2) is 7.36. The van der Waals surface area contributed by atoms with E-state index in [9.17, 15) is 9.90 Å². The summed E-state index contributed by atoms with van der Waals surface area (Å²) >= 11 is 0. The number of carboxylic acids is 1. The molecule has 5 rings (SSSR count). The van der Waals surface area contributed by atoms with E-state index in [1.807, 2.05) is 18.2 Å². The number of aromatic nitrogens is 3. The van der Waals surface area contributed by atoms with Crippen LogP contribution in [0.25, 0.3) is 11.0 Å². The Morgan fingerprint density at radius 3 is 2.90 bits per heavy atom. The van der Waals surface area contributed by atoms with E-state index in [0.29, 0.717) is 38.3 Å². The smallest absolute Gasteiger partial charge is 0.306 e. The molecule has 3 aromatic rings. The van der Waals surface area contributed by atoms with Gasteiger partial charge in [0.05, 0.1) is 35.9 Å². The van der Waals surface area contributed by atoms with Crippen LogP contribution in [0.1, 0.15) is 17.7 Å². The number of rotatable bonds is 4. The number of anilines is 3. The van der Waals surface area contributed by atoms with Crippen molar-refractivity contribution in [2.45, 2.75) is 19.3 Å². The Morgan fingerprint density at radius 2 is 2.07 bits per heavy atom. The van der Waals surface area contributed by atoms with Crippen molar-refractivity contribution in [2.75, 3.05) is 36.5 Å². The summed E-state index contributed by atoms with van der Waals surface area (Å²) < 4.78 is 5.48. The van der Waals surface area contributed by atoms with Crippen LogP contribution in [-0.2, 0) is 22.4 Å². The van der Waals surface area contributed by atoms with Gasteiger partial charge >= 0.3 is 5.97 Å². The second-order valence-corrected chi connectivity index (χ2v) is 7.55. The summed E-state index contributed by atoms with van der Waals surface area (Å²) in [4.78, 5) is 26.1. The van der Waals surface area contributed by atoms with Crippen LogP contribution in [0.4, 0.5) is 17.2 Å². The lowest BCUT2D eigenvalue weighted by molar-refractivity contribution is -0.142. The van der Waals surface area contributed by atoms with Gasteiger partial charge in [0.15, 0.2) is 0 Å². The summed E-state index contributed by atoms with van der Waals surface area (Å²) in [5.41, 5.74) is 4.92. The predicted octanol–water partition coefficient (Wildman–Crippen LogP) is 2.73. The number of morpholine rings is 1. The number of nitrogens with one attached hydrogen (secondary N) is 2. The molecule has 0 saturated carbocycles. The maximum Gasteiger partial charge on any atom is 0.306 e. The average Bonchev–Trinajstić information content (AvgIpc) is 3.13. The van der Waals surface area contributed by atoms with Crippen LogP contribution >= 0.6 is 0 Å². The molecule has 8 nitrogen and oxygen atoms in total. The molecule has 1 atom stereocenters. The largest absolute Gasteiger partial charge is 0.481 e. The molecule has 2 aliphatic rings. The van der Waals surface area contributed by atoms with E-state index in [1.54, 1.807) is 6.33 Å². The van der Waals surface area contributed by atoms with Crippen LogP contribution < -0.4 is 10.2 Å². The molecule has 1 saturated heterocycles. The molecule has 1 aliphatic carbocycles. The molecule has 0 bridgehead atoms. The highest BCUT2D eigenvalue weighted by Gasteiger charge is 2.29. The van der Waals surface area contributed by atoms with E-state index in [4.69, 9.17) is 4.74 Å². The molecule has 1 fully saturated rings. The molecule has 8 heteroatoms. The third-order valence-corrected chi connectivity index (χ3v) is 5.83. The Labute approximate surface area is 167 Å². The summed E-state index contributed by atoms with van der Waals surface area (Å²) in [5.74, 6) is -0.400. The highest BCUT2D eigenvalue weighted by molar-refractivity contribution is 5.95. The number of ether oxygens (including phenoxy) is 1. The fourth-order valence-corrected chi connectivity index (χ4v) is 4.33. The summed E-state index contributed by atoms with van der Waals surface area (Å²) in [6.45, 7) is 3.12. The van der Waals surface area contributed by atoms with E-state index < -0.39 is 5.97 Å². The van der Waals surface area contributed by atoms with E-state index in [-0.39, 0.29) is 5.92 Å². The first-order chi connectivity index (χ1) is 14.2. The molecule has 1 aliphatic heterocycles. The van der Waals surface area contributed by atoms with Crippen molar-refractivity contribution in [1.82, 2.24) is 15.0 Å². The highest BCUT2D eigenvalue weighted by Crippen LogP contribution is 2.36. The molecule has 3 N–H and O–H groups in total. The Bertz CT molecular complexity index is 1060. The van der Waals surface area contributed by atoms with E-state index in [0.717, 1.165) is 46.8 Å². The van der Waals surface area contributed by atoms with Gasteiger partial charge in [0.2, 0.25) is 0 Å². The lowest BCUT2D eigenvalue weighted by atomic mass is 9.86. The Kier molecular flexibility index (Phi) is 4.55. The van der Waals surface area contributed by atoms with Crippen molar-refractivity contribution in [3.05, 3.63) is 41.9 Å². The number of H-pyrrole nitrogens is 1. The Morgan fingerprint density at radius 1 is 1.24 bits per heavy atom. The predicted molar refractivity (Wildman–Crippen MR) is 110 cm³/mol. The van der Waals surface area contributed by atoms with Crippen LogP contribution in [0.3, 0.4) is 0 Å². The third-order valence-electron chi connectivity index (χ3n) is 5.83. The molecule has 0 amide bonds. The zero-order chi connectivity index (χ0) is 19.8. The van der Waals surface area contributed by atoms with Crippen molar-refractivity contribution in [3.8, 4) is 0 Å². The molecule has 150 valence electrons. The number of aryl methyl sites for hydroxylation is 1. The minimum atomic E-state index is -0.742. The van der Waals surface area contributed by atoms with Gasteiger partial charge in [-0.15, -0.1) is 0 Å². The monoisotopic (exact) mass is 393 g/mol. The molecule has 1 unspecified atom stereocenters. The normalized spacial score (nSPS) is 19.2. The third kappa shape index (κ3) is 3.29. The van der Waals surface area contributed by atoms with Gasteiger partial charge in [-0.25, -0.2) is 9.97 Å². The van der Waals surface area contributed by atoms with Crippen LogP contribution in [0.5, 0.6) is 0 Å². The molecule has 0 spiro atoms. The zero-order valence-corrected chi connectivity index (χ0v) is 16.0. The number of carbonyl (C=O) groups is 1. The molecule has 2 aromatic heterocycles. The SMILES string of the molecule is O=C(O)C1CCc2[nH]c3ncnc(Nc4ccccc4N4CCOCC4)c3c2C1. The van der Waals surface area contributed by atoms with Crippen molar-refractivity contribution < 1.29 is 14.6 Å². The summed E-state index contributed by atoms with van der Waals surface area (Å²) in [6, 6.07) is 8.16. The lowest BCUT2D eigenvalue weighted by Crippen LogP contribution is -2.36.